The van der Waals surface area contributed by atoms with Crippen LogP contribution in [-0.4, -0.2) is 31.8 Å². The summed E-state index contributed by atoms with van der Waals surface area (Å²) in [7, 11) is 1.54. The Balaban J connectivity index is 3.08. The van der Waals surface area contributed by atoms with Crippen molar-refractivity contribution in [2.45, 2.75) is 20.0 Å². The summed E-state index contributed by atoms with van der Waals surface area (Å²) in [5.41, 5.74) is -0.793. The van der Waals surface area contributed by atoms with E-state index in [-0.39, 0.29) is 16.9 Å². The van der Waals surface area contributed by atoms with Crippen LogP contribution in [0.1, 0.15) is 19.4 Å². The Morgan fingerprint density at radius 3 is 2.50 bits per heavy atom. The summed E-state index contributed by atoms with van der Waals surface area (Å²) in [5.74, 6) is 0.498. The summed E-state index contributed by atoms with van der Waals surface area (Å²) >= 11 is 5.70. The molecule has 114 valence electrons. The molecular weight excluding hydrogens is 293 g/mol. The van der Waals surface area contributed by atoms with Crippen LogP contribution in [0.2, 0.25) is 5.15 Å². The Morgan fingerprint density at radius 2 is 2.00 bits per heavy atom. The lowest BCUT2D eigenvalue weighted by Crippen LogP contribution is -2.32. The molecule has 0 N–H and O–H groups in total. The molecule has 1 heterocycles. The highest BCUT2D eigenvalue weighted by molar-refractivity contribution is 6.29. The highest BCUT2D eigenvalue weighted by Crippen LogP contribution is 2.32. The average Bonchev–Trinajstić information content (AvgIpc) is 2.32. The summed E-state index contributed by atoms with van der Waals surface area (Å²) in [5, 5.41) is -0.166. The molecule has 0 amide bonds. The van der Waals surface area contributed by atoms with Gasteiger partial charge in [-0.1, -0.05) is 25.4 Å². The minimum atomic E-state index is -4.44. The first-order valence-electron chi connectivity index (χ1n) is 6.22. The maximum Gasteiger partial charge on any atom is 0.416 e. The lowest BCUT2D eigenvalue weighted by molar-refractivity contribution is -0.137. The van der Waals surface area contributed by atoms with Crippen LogP contribution >= 0.6 is 11.6 Å². The molecule has 0 saturated heterocycles. The smallest absolute Gasteiger partial charge is 0.383 e. The summed E-state index contributed by atoms with van der Waals surface area (Å²) in [6.45, 7) is 5.40. The van der Waals surface area contributed by atoms with E-state index in [0.29, 0.717) is 19.7 Å². The first-order valence-corrected chi connectivity index (χ1v) is 6.60. The maximum absolute atomic E-state index is 12.8. The lowest BCUT2D eigenvalue weighted by Gasteiger charge is -2.26. The molecule has 1 aromatic rings. The molecule has 0 spiro atoms. The van der Waals surface area contributed by atoms with Gasteiger partial charge in [-0.05, 0) is 18.1 Å². The number of methoxy groups -OCH3 is 1. The summed E-state index contributed by atoms with van der Waals surface area (Å²) in [4.78, 5) is 5.73. The van der Waals surface area contributed by atoms with E-state index < -0.39 is 11.7 Å². The van der Waals surface area contributed by atoms with Gasteiger partial charge in [0.05, 0.1) is 12.2 Å². The number of hydrogen-bond donors (Lipinski definition) is 0. The second-order valence-corrected chi connectivity index (χ2v) is 5.25. The largest absolute Gasteiger partial charge is 0.416 e. The van der Waals surface area contributed by atoms with Crippen molar-refractivity contribution < 1.29 is 17.9 Å². The van der Waals surface area contributed by atoms with Crippen LogP contribution in [0.15, 0.2) is 12.1 Å². The number of pyridine rings is 1. The molecular formula is C13H18ClF3N2O. The number of rotatable bonds is 6. The van der Waals surface area contributed by atoms with Crippen LogP contribution in [-0.2, 0) is 10.9 Å². The zero-order valence-electron chi connectivity index (χ0n) is 11.7. The second kappa shape index (κ2) is 7.13. The molecule has 3 nitrogen and oxygen atoms in total. The topological polar surface area (TPSA) is 25.4 Å². The van der Waals surface area contributed by atoms with Gasteiger partial charge in [0.2, 0.25) is 0 Å². The predicted octanol–water partition coefficient (Wildman–Crippen LogP) is 3.86. The Bertz CT molecular complexity index is 438. The Morgan fingerprint density at radius 1 is 1.35 bits per heavy atom. The summed E-state index contributed by atoms with van der Waals surface area (Å²) in [6, 6.07) is 1.85. The molecule has 0 radical (unpaired) electrons. The maximum atomic E-state index is 12.8. The molecule has 0 unspecified atom stereocenters. The quantitative estimate of drug-likeness (QED) is 0.746. The van der Waals surface area contributed by atoms with Crippen molar-refractivity contribution in [3.63, 3.8) is 0 Å². The van der Waals surface area contributed by atoms with Gasteiger partial charge in [0.25, 0.3) is 0 Å². The normalized spacial score (nSPS) is 12.0. The zero-order valence-corrected chi connectivity index (χ0v) is 12.4. The van der Waals surface area contributed by atoms with Gasteiger partial charge in [0.15, 0.2) is 0 Å². The highest BCUT2D eigenvalue weighted by atomic mass is 35.5. The van der Waals surface area contributed by atoms with Crippen LogP contribution in [0.5, 0.6) is 0 Å². The van der Waals surface area contributed by atoms with E-state index in [9.17, 15) is 13.2 Å². The van der Waals surface area contributed by atoms with Gasteiger partial charge in [-0.3, -0.25) is 0 Å². The van der Waals surface area contributed by atoms with Crippen molar-refractivity contribution in [1.82, 2.24) is 4.98 Å². The molecule has 0 aliphatic heterocycles. The first kappa shape index (κ1) is 17.0. The van der Waals surface area contributed by atoms with Gasteiger partial charge in [-0.2, -0.15) is 13.2 Å². The number of ether oxygens (including phenoxy) is 1. The van der Waals surface area contributed by atoms with E-state index in [2.05, 4.69) is 4.98 Å². The standard InChI is InChI=1S/C13H18ClF3N2O/c1-9(2)8-19(4-5-20-3)12-7-10(13(15,16)17)6-11(14)18-12/h6-7,9H,4-5,8H2,1-3H3. The van der Waals surface area contributed by atoms with E-state index in [1.165, 1.54) is 0 Å². The number of halogens is 4. The van der Waals surface area contributed by atoms with Crippen molar-refractivity contribution in [3.8, 4) is 0 Å². The van der Waals surface area contributed by atoms with Gasteiger partial charge < -0.3 is 9.64 Å². The molecule has 20 heavy (non-hydrogen) atoms. The van der Waals surface area contributed by atoms with E-state index in [1.807, 2.05) is 13.8 Å². The Labute approximate surface area is 121 Å². The average molecular weight is 311 g/mol. The minimum Gasteiger partial charge on any atom is -0.383 e. The number of anilines is 1. The van der Waals surface area contributed by atoms with E-state index in [4.69, 9.17) is 16.3 Å². The van der Waals surface area contributed by atoms with Crippen LogP contribution in [0.25, 0.3) is 0 Å². The van der Waals surface area contributed by atoms with Crippen molar-refractivity contribution in [2.75, 3.05) is 31.7 Å². The van der Waals surface area contributed by atoms with E-state index >= 15 is 0 Å². The number of nitrogens with zero attached hydrogens (tertiary/aromatic N) is 2. The fourth-order valence-corrected chi connectivity index (χ4v) is 1.95. The third-order valence-electron chi connectivity index (χ3n) is 2.58. The SMILES string of the molecule is COCCN(CC(C)C)c1cc(C(F)(F)F)cc(Cl)n1. The van der Waals surface area contributed by atoms with Crippen molar-refractivity contribution in [2.24, 2.45) is 5.92 Å². The fourth-order valence-electron chi connectivity index (χ4n) is 1.75. The molecule has 1 rings (SSSR count). The van der Waals surface area contributed by atoms with E-state index in [0.717, 1.165) is 12.1 Å². The third kappa shape index (κ3) is 5.17. The van der Waals surface area contributed by atoms with Gasteiger partial charge >= 0.3 is 6.18 Å². The van der Waals surface area contributed by atoms with Gasteiger partial charge in [0, 0.05) is 20.2 Å². The zero-order chi connectivity index (χ0) is 15.3. The molecule has 0 fully saturated rings. The molecule has 0 aliphatic carbocycles. The monoisotopic (exact) mass is 310 g/mol. The molecule has 0 saturated carbocycles. The van der Waals surface area contributed by atoms with Crippen LogP contribution < -0.4 is 4.90 Å². The molecule has 7 heteroatoms. The van der Waals surface area contributed by atoms with Crippen LogP contribution in [0, 0.1) is 5.92 Å². The molecule has 0 aromatic carbocycles. The van der Waals surface area contributed by atoms with Gasteiger partial charge in [-0.25, -0.2) is 4.98 Å². The number of aromatic nitrogens is 1. The van der Waals surface area contributed by atoms with Gasteiger partial charge in [-0.15, -0.1) is 0 Å². The van der Waals surface area contributed by atoms with Crippen LogP contribution in [0.3, 0.4) is 0 Å². The number of hydrogen-bond acceptors (Lipinski definition) is 3. The second-order valence-electron chi connectivity index (χ2n) is 4.87. The minimum absolute atomic E-state index is 0.166. The molecule has 1 aromatic heterocycles. The summed E-state index contributed by atoms with van der Waals surface area (Å²) in [6.07, 6.45) is -4.44. The van der Waals surface area contributed by atoms with Crippen molar-refractivity contribution in [1.29, 1.82) is 0 Å². The predicted molar refractivity (Wildman–Crippen MR) is 73.2 cm³/mol. The number of alkyl halides is 3. The summed E-state index contributed by atoms with van der Waals surface area (Å²) < 4.78 is 43.4. The fraction of sp³-hybridized carbons (Fsp3) is 0.615. The Hall–Kier alpha value is -1.01. The van der Waals surface area contributed by atoms with Gasteiger partial charge in [0.1, 0.15) is 11.0 Å². The van der Waals surface area contributed by atoms with E-state index in [1.54, 1.807) is 12.0 Å². The van der Waals surface area contributed by atoms with Crippen molar-refractivity contribution in [3.05, 3.63) is 22.8 Å². The Kier molecular flexibility index (Phi) is 6.07. The highest BCUT2D eigenvalue weighted by Gasteiger charge is 2.32. The first-order chi connectivity index (χ1) is 9.24. The molecule has 0 aliphatic rings. The third-order valence-corrected chi connectivity index (χ3v) is 2.78. The van der Waals surface area contributed by atoms with Crippen molar-refractivity contribution >= 4 is 17.4 Å². The van der Waals surface area contributed by atoms with Crippen LogP contribution in [0.4, 0.5) is 19.0 Å². The molecule has 0 bridgehead atoms. The molecule has 0 atom stereocenters. The lowest BCUT2D eigenvalue weighted by atomic mass is 10.2.